The van der Waals surface area contributed by atoms with Crippen molar-refractivity contribution in [1.82, 2.24) is 0 Å². The molecule has 0 aromatic heterocycles. The molecule has 0 N–H and O–H groups in total. The second kappa shape index (κ2) is 4.94. The molecular weight excluding hydrogens is 332 g/mol. The highest BCUT2D eigenvalue weighted by atomic mass is 79.9. The van der Waals surface area contributed by atoms with Crippen LogP contribution in [0.3, 0.4) is 0 Å². The highest BCUT2D eigenvalue weighted by molar-refractivity contribution is 9.10. The number of alkyl halides is 4. The van der Waals surface area contributed by atoms with E-state index < -0.39 is 29.0 Å². The van der Waals surface area contributed by atoms with Crippen LogP contribution in [0, 0.1) is 0 Å². The third-order valence-electron chi connectivity index (χ3n) is 1.76. The van der Waals surface area contributed by atoms with Gasteiger partial charge in [0.1, 0.15) is 0 Å². The molecule has 1 rings (SSSR count). The fraction of sp³-hybridized carbons (Fsp3) is 0.222. The minimum absolute atomic E-state index is 0.0158. The van der Waals surface area contributed by atoms with Gasteiger partial charge in [-0.3, -0.25) is 4.79 Å². The Morgan fingerprint density at radius 3 is 2.38 bits per heavy atom. The van der Waals surface area contributed by atoms with E-state index in [-0.39, 0.29) is 9.50 Å². The smallest absolute Gasteiger partial charge is 0.293 e. The summed E-state index contributed by atoms with van der Waals surface area (Å²) in [4.78, 5) is 11.3. The molecule has 1 nitrogen and oxygen atoms in total. The van der Waals surface area contributed by atoms with E-state index in [0.29, 0.717) is 6.07 Å². The van der Waals surface area contributed by atoms with E-state index in [9.17, 15) is 18.0 Å². The fourth-order valence-corrected chi connectivity index (χ4v) is 2.31. The van der Waals surface area contributed by atoms with Crippen LogP contribution in [0.1, 0.15) is 15.9 Å². The molecule has 0 saturated carbocycles. The van der Waals surface area contributed by atoms with E-state index in [1.165, 1.54) is 6.07 Å². The molecule has 0 radical (unpaired) electrons. The third-order valence-corrected chi connectivity index (χ3v) is 2.85. The molecule has 0 fully saturated rings. The summed E-state index contributed by atoms with van der Waals surface area (Å²) in [6.07, 6.45) is -4.65. The molecule has 88 valence electrons. The van der Waals surface area contributed by atoms with Gasteiger partial charge in [-0.15, -0.1) is 11.6 Å². The quantitative estimate of drug-likeness (QED) is 0.572. The zero-order valence-corrected chi connectivity index (χ0v) is 10.6. The van der Waals surface area contributed by atoms with Gasteiger partial charge in [-0.25, -0.2) is 0 Å². The van der Waals surface area contributed by atoms with Crippen LogP contribution in [0.2, 0.25) is 5.02 Å². The van der Waals surface area contributed by atoms with Gasteiger partial charge in [0, 0.05) is 15.1 Å². The molecule has 0 amide bonds. The lowest BCUT2D eigenvalue weighted by Gasteiger charge is -2.13. The van der Waals surface area contributed by atoms with E-state index in [4.69, 9.17) is 23.2 Å². The van der Waals surface area contributed by atoms with Crippen LogP contribution in [0.4, 0.5) is 13.2 Å². The van der Waals surface area contributed by atoms with Crippen molar-refractivity contribution < 1.29 is 18.0 Å². The number of halogens is 6. The first-order valence-electron chi connectivity index (χ1n) is 3.92. The molecule has 0 spiro atoms. The fourth-order valence-electron chi connectivity index (χ4n) is 1.15. The summed E-state index contributed by atoms with van der Waals surface area (Å²) < 4.78 is 37.9. The zero-order chi connectivity index (χ0) is 12.5. The average Bonchev–Trinajstić information content (AvgIpc) is 2.14. The molecule has 1 aromatic rings. The second-order valence-corrected chi connectivity index (χ2v) is 4.42. The lowest BCUT2D eigenvalue weighted by molar-refractivity contribution is -0.137. The molecule has 0 aliphatic rings. The minimum Gasteiger partial charge on any atom is -0.293 e. The van der Waals surface area contributed by atoms with Crippen molar-refractivity contribution in [2.45, 2.75) is 6.18 Å². The van der Waals surface area contributed by atoms with E-state index in [1.54, 1.807) is 0 Å². The van der Waals surface area contributed by atoms with E-state index in [0.717, 1.165) is 0 Å². The van der Waals surface area contributed by atoms with Crippen molar-refractivity contribution in [2.75, 3.05) is 5.88 Å². The lowest BCUT2D eigenvalue weighted by atomic mass is 10.0. The van der Waals surface area contributed by atoms with E-state index in [1.807, 2.05) is 0 Å². The Balaban J connectivity index is 3.51. The molecule has 1 aromatic carbocycles. The van der Waals surface area contributed by atoms with Gasteiger partial charge in [0.05, 0.1) is 11.4 Å². The number of rotatable bonds is 2. The third kappa shape index (κ3) is 2.90. The molecule has 0 aliphatic heterocycles. The van der Waals surface area contributed by atoms with Crippen LogP contribution >= 0.6 is 39.1 Å². The topological polar surface area (TPSA) is 17.1 Å². The molecule has 0 heterocycles. The number of Topliss-reactive ketones (excluding diaryl/α,β-unsaturated/α-hetero) is 1. The summed E-state index contributed by atoms with van der Waals surface area (Å²) in [5.74, 6) is -1.33. The lowest BCUT2D eigenvalue weighted by Crippen LogP contribution is -2.14. The summed E-state index contributed by atoms with van der Waals surface area (Å²) in [5, 5.41) is -0.106. The van der Waals surface area contributed by atoms with Crippen LogP contribution in [0.15, 0.2) is 16.6 Å². The maximum atomic E-state index is 12.6. The monoisotopic (exact) mass is 334 g/mol. The Hall–Kier alpha value is -0.260. The van der Waals surface area contributed by atoms with Gasteiger partial charge in [-0.2, -0.15) is 13.2 Å². The van der Waals surface area contributed by atoms with Crippen molar-refractivity contribution in [3.63, 3.8) is 0 Å². The Kier molecular flexibility index (Phi) is 4.26. The van der Waals surface area contributed by atoms with Crippen LogP contribution < -0.4 is 0 Å². The number of benzene rings is 1. The minimum atomic E-state index is -4.65. The molecule has 0 bridgehead atoms. The highest BCUT2D eigenvalue weighted by Gasteiger charge is 2.36. The first-order valence-corrected chi connectivity index (χ1v) is 5.63. The maximum absolute atomic E-state index is 12.6. The molecule has 16 heavy (non-hydrogen) atoms. The van der Waals surface area contributed by atoms with Gasteiger partial charge in [0.15, 0.2) is 5.78 Å². The van der Waals surface area contributed by atoms with E-state index in [2.05, 4.69) is 15.9 Å². The number of hydrogen-bond acceptors (Lipinski definition) is 1. The standard InChI is InChI=1S/C9H4BrCl2F3O/c10-6-2-4(12)1-5(9(13,14)15)8(6)7(16)3-11/h1-2H,3H2. The van der Waals surface area contributed by atoms with Gasteiger partial charge in [0.25, 0.3) is 0 Å². The van der Waals surface area contributed by atoms with Crippen LogP contribution in [0.25, 0.3) is 0 Å². The molecule has 7 heteroatoms. The van der Waals surface area contributed by atoms with Crippen LogP contribution in [0.5, 0.6) is 0 Å². The molecule has 0 unspecified atom stereocenters. The van der Waals surface area contributed by atoms with Gasteiger partial charge in [0.2, 0.25) is 0 Å². The molecular formula is C9H4BrCl2F3O. The average molecular weight is 336 g/mol. The van der Waals surface area contributed by atoms with Crippen molar-refractivity contribution >= 4 is 44.9 Å². The van der Waals surface area contributed by atoms with Crippen molar-refractivity contribution in [3.8, 4) is 0 Å². The first-order chi connectivity index (χ1) is 7.27. The molecule has 0 atom stereocenters. The number of carbonyl (C=O) groups is 1. The summed E-state index contributed by atoms with van der Waals surface area (Å²) in [6, 6.07) is 1.92. The predicted octanol–water partition coefficient (Wildman–Crippen LogP) is 4.54. The normalized spacial score (nSPS) is 11.6. The molecule has 0 saturated heterocycles. The Morgan fingerprint density at radius 1 is 1.38 bits per heavy atom. The highest BCUT2D eigenvalue weighted by Crippen LogP contribution is 2.37. The Labute approximate surface area is 108 Å². The largest absolute Gasteiger partial charge is 0.417 e. The van der Waals surface area contributed by atoms with Gasteiger partial charge < -0.3 is 0 Å². The number of carbonyl (C=O) groups excluding carboxylic acids is 1. The summed E-state index contributed by atoms with van der Waals surface area (Å²) in [6.45, 7) is 0. The summed E-state index contributed by atoms with van der Waals surface area (Å²) in [5.41, 5.74) is -1.58. The SMILES string of the molecule is O=C(CCl)c1c(Br)cc(Cl)cc1C(F)(F)F. The zero-order valence-electron chi connectivity index (χ0n) is 7.54. The van der Waals surface area contributed by atoms with Crippen molar-refractivity contribution in [3.05, 3.63) is 32.8 Å². The Morgan fingerprint density at radius 2 is 1.94 bits per heavy atom. The van der Waals surface area contributed by atoms with Gasteiger partial charge in [-0.1, -0.05) is 11.6 Å². The van der Waals surface area contributed by atoms with Crippen LogP contribution in [-0.4, -0.2) is 11.7 Å². The van der Waals surface area contributed by atoms with E-state index >= 15 is 0 Å². The summed E-state index contributed by atoms with van der Waals surface area (Å²) in [7, 11) is 0. The second-order valence-electron chi connectivity index (χ2n) is 2.86. The van der Waals surface area contributed by atoms with Crippen molar-refractivity contribution in [1.29, 1.82) is 0 Å². The van der Waals surface area contributed by atoms with Gasteiger partial charge >= 0.3 is 6.18 Å². The molecule has 0 aliphatic carbocycles. The van der Waals surface area contributed by atoms with Crippen molar-refractivity contribution in [2.24, 2.45) is 0 Å². The summed E-state index contributed by atoms with van der Waals surface area (Å²) >= 11 is 13.6. The maximum Gasteiger partial charge on any atom is 0.417 e. The number of hydrogen-bond donors (Lipinski definition) is 0. The first kappa shape index (κ1) is 13.8. The van der Waals surface area contributed by atoms with Crippen LogP contribution in [-0.2, 0) is 6.18 Å². The predicted molar refractivity (Wildman–Crippen MR) is 59.2 cm³/mol. The van der Waals surface area contributed by atoms with Gasteiger partial charge in [-0.05, 0) is 28.1 Å². The number of ketones is 1. The Bertz CT molecular complexity index is 431.